The van der Waals surface area contributed by atoms with E-state index in [0.29, 0.717) is 49.3 Å². The molecule has 1 aliphatic rings. The minimum atomic E-state index is -0.358. The summed E-state index contributed by atoms with van der Waals surface area (Å²) in [7, 11) is 0. The smallest absolute Gasteiger partial charge is 0.409 e. The molecule has 0 aliphatic carbocycles. The standard InChI is InChI=1S/C18H20ClN5O3/c1-2-27-18(26)24-8-6-23(7-9-24)16-12-20-15(11-21-16)17(25)22-14-5-3-4-13(19)10-14/h3-5,10-12H,2,6-9H2,1H3,(H,22,25). The van der Waals surface area contributed by atoms with Crippen LogP contribution in [0.3, 0.4) is 0 Å². The van der Waals surface area contributed by atoms with Crippen molar-refractivity contribution < 1.29 is 14.3 Å². The van der Waals surface area contributed by atoms with E-state index in [1.807, 2.05) is 4.90 Å². The Bertz CT molecular complexity index is 807. The molecule has 0 atom stereocenters. The number of hydrogen-bond acceptors (Lipinski definition) is 6. The van der Waals surface area contributed by atoms with Gasteiger partial charge in [0.05, 0.1) is 19.0 Å². The second kappa shape index (κ2) is 8.68. The first-order valence-corrected chi connectivity index (χ1v) is 9.00. The third-order valence-electron chi connectivity index (χ3n) is 4.08. The van der Waals surface area contributed by atoms with Crippen LogP contribution in [-0.4, -0.2) is 59.7 Å². The van der Waals surface area contributed by atoms with Gasteiger partial charge in [0.25, 0.3) is 5.91 Å². The molecule has 27 heavy (non-hydrogen) atoms. The van der Waals surface area contributed by atoms with E-state index >= 15 is 0 Å². The van der Waals surface area contributed by atoms with E-state index in [9.17, 15) is 9.59 Å². The van der Waals surface area contributed by atoms with E-state index in [2.05, 4.69) is 15.3 Å². The van der Waals surface area contributed by atoms with Crippen molar-refractivity contribution >= 4 is 35.1 Å². The lowest BCUT2D eigenvalue weighted by atomic mass is 10.3. The highest BCUT2D eigenvalue weighted by Gasteiger charge is 2.23. The van der Waals surface area contributed by atoms with Gasteiger partial charge in [0, 0.05) is 36.9 Å². The lowest BCUT2D eigenvalue weighted by Crippen LogP contribution is -2.49. The average Bonchev–Trinajstić information content (AvgIpc) is 2.68. The van der Waals surface area contributed by atoms with Gasteiger partial charge in [-0.25, -0.2) is 14.8 Å². The number of hydrogen-bond donors (Lipinski definition) is 1. The molecule has 0 saturated carbocycles. The van der Waals surface area contributed by atoms with Crippen molar-refractivity contribution in [3.63, 3.8) is 0 Å². The van der Waals surface area contributed by atoms with Crippen LogP contribution in [0.5, 0.6) is 0 Å². The van der Waals surface area contributed by atoms with Crippen molar-refractivity contribution in [1.82, 2.24) is 14.9 Å². The fourth-order valence-corrected chi connectivity index (χ4v) is 2.89. The van der Waals surface area contributed by atoms with E-state index in [0.717, 1.165) is 0 Å². The van der Waals surface area contributed by atoms with Gasteiger partial charge in [0.1, 0.15) is 11.5 Å². The molecule has 2 amide bonds. The second-order valence-electron chi connectivity index (χ2n) is 5.90. The zero-order valence-electron chi connectivity index (χ0n) is 14.9. The second-order valence-corrected chi connectivity index (χ2v) is 6.33. The zero-order chi connectivity index (χ0) is 19.2. The summed E-state index contributed by atoms with van der Waals surface area (Å²) in [5.41, 5.74) is 0.803. The van der Waals surface area contributed by atoms with Crippen molar-refractivity contribution in [1.29, 1.82) is 0 Å². The molecule has 0 unspecified atom stereocenters. The van der Waals surface area contributed by atoms with Gasteiger partial charge < -0.3 is 19.9 Å². The highest BCUT2D eigenvalue weighted by molar-refractivity contribution is 6.30. The molecule has 1 aliphatic heterocycles. The number of carbonyl (C=O) groups is 2. The van der Waals surface area contributed by atoms with E-state index in [-0.39, 0.29) is 17.7 Å². The third-order valence-corrected chi connectivity index (χ3v) is 4.32. The van der Waals surface area contributed by atoms with Crippen LogP contribution in [0, 0.1) is 0 Å². The number of halogens is 1. The number of anilines is 2. The Morgan fingerprint density at radius 1 is 1.19 bits per heavy atom. The van der Waals surface area contributed by atoms with Crippen molar-refractivity contribution in [2.45, 2.75) is 6.92 Å². The minimum Gasteiger partial charge on any atom is -0.450 e. The van der Waals surface area contributed by atoms with Crippen LogP contribution < -0.4 is 10.2 Å². The van der Waals surface area contributed by atoms with Gasteiger partial charge in [-0.3, -0.25) is 4.79 Å². The van der Waals surface area contributed by atoms with Crippen molar-refractivity contribution in [2.75, 3.05) is 43.0 Å². The molecule has 0 spiro atoms. The Labute approximate surface area is 162 Å². The van der Waals surface area contributed by atoms with Gasteiger partial charge >= 0.3 is 6.09 Å². The van der Waals surface area contributed by atoms with Gasteiger partial charge in [-0.15, -0.1) is 0 Å². The Morgan fingerprint density at radius 2 is 1.96 bits per heavy atom. The first-order valence-electron chi connectivity index (χ1n) is 8.62. The van der Waals surface area contributed by atoms with E-state index in [4.69, 9.17) is 16.3 Å². The largest absolute Gasteiger partial charge is 0.450 e. The molecule has 1 N–H and O–H groups in total. The summed E-state index contributed by atoms with van der Waals surface area (Å²) in [6, 6.07) is 6.88. The highest BCUT2D eigenvalue weighted by Crippen LogP contribution is 2.16. The Hall–Kier alpha value is -2.87. The SMILES string of the molecule is CCOC(=O)N1CCN(c2cnc(C(=O)Nc3cccc(Cl)c3)cn2)CC1. The average molecular weight is 390 g/mol. The summed E-state index contributed by atoms with van der Waals surface area (Å²) in [5.74, 6) is 0.307. The molecule has 2 heterocycles. The van der Waals surface area contributed by atoms with Crippen LogP contribution in [0.15, 0.2) is 36.7 Å². The first kappa shape index (κ1) is 18.9. The van der Waals surface area contributed by atoms with Gasteiger partial charge in [-0.1, -0.05) is 17.7 Å². The van der Waals surface area contributed by atoms with Crippen LogP contribution in [0.2, 0.25) is 5.02 Å². The van der Waals surface area contributed by atoms with E-state index in [1.54, 1.807) is 42.3 Å². The number of nitrogens with zero attached hydrogens (tertiary/aromatic N) is 4. The normalized spacial score (nSPS) is 14.0. The molecule has 0 radical (unpaired) electrons. The van der Waals surface area contributed by atoms with E-state index < -0.39 is 0 Å². The molecule has 142 valence electrons. The number of carbonyl (C=O) groups excluding carboxylic acids is 2. The molecule has 1 saturated heterocycles. The van der Waals surface area contributed by atoms with Crippen LogP contribution >= 0.6 is 11.6 Å². The summed E-state index contributed by atoms with van der Waals surface area (Å²) in [6.45, 7) is 4.51. The maximum atomic E-state index is 12.3. The Morgan fingerprint density at radius 3 is 2.59 bits per heavy atom. The number of aromatic nitrogens is 2. The molecule has 2 aromatic rings. The predicted molar refractivity (Wildman–Crippen MR) is 102 cm³/mol. The van der Waals surface area contributed by atoms with Crippen LogP contribution in [0.25, 0.3) is 0 Å². The van der Waals surface area contributed by atoms with E-state index in [1.165, 1.54) is 6.20 Å². The summed E-state index contributed by atoms with van der Waals surface area (Å²) in [5, 5.41) is 3.27. The molecule has 8 nitrogen and oxygen atoms in total. The molecule has 0 bridgehead atoms. The highest BCUT2D eigenvalue weighted by atomic mass is 35.5. The summed E-state index contributed by atoms with van der Waals surface area (Å²) >= 11 is 5.91. The maximum absolute atomic E-state index is 12.3. The van der Waals surface area contributed by atoms with Gasteiger partial charge in [0.15, 0.2) is 0 Å². The lowest BCUT2D eigenvalue weighted by molar-refractivity contribution is 0.101. The van der Waals surface area contributed by atoms with Crippen LogP contribution in [0.1, 0.15) is 17.4 Å². The Balaban J connectivity index is 1.57. The quantitative estimate of drug-likeness (QED) is 0.864. The van der Waals surface area contributed by atoms with Crippen LogP contribution in [0.4, 0.5) is 16.3 Å². The lowest BCUT2D eigenvalue weighted by Gasteiger charge is -2.34. The van der Waals surface area contributed by atoms with Gasteiger partial charge in [-0.05, 0) is 25.1 Å². The summed E-state index contributed by atoms with van der Waals surface area (Å²) in [4.78, 5) is 36.2. The number of benzene rings is 1. The summed E-state index contributed by atoms with van der Waals surface area (Å²) < 4.78 is 5.01. The molecule has 1 fully saturated rings. The van der Waals surface area contributed by atoms with Crippen molar-refractivity contribution in [3.05, 3.63) is 47.4 Å². The number of amides is 2. The van der Waals surface area contributed by atoms with Gasteiger partial charge in [0.2, 0.25) is 0 Å². The Kier molecular flexibility index (Phi) is 6.08. The molecule has 9 heteroatoms. The number of piperazine rings is 1. The number of nitrogens with one attached hydrogen (secondary N) is 1. The molecular formula is C18H20ClN5O3. The maximum Gasteiger partial charge on any atom is 0.409 e. The number of ether oxygens (including phenoxy) is 1. The van der Waals surface area contributed by atoms with Gasteiger partial charge in [-0.2, -0.15) is 0 Å². The molecule has 1 aromatic heterocycles. The number of rotatable bonds is 4. The van der Waals surface area contributed by atoms with Crippen molar-refractivity contribution in [3.8, 4) is 0 Å². The molecular weight excluding hydrogens is 370 g/mol. The third kappa shape index (κ3) is 4.85. The van der Waals surface area contributed by atoms with Crippen molar-refractivity contribution in [2.24, 2.45) is 0 Å². The molecule has 3 rings (SSSR count). The summed E-state index contributed by atoms with van der Waals surface area (Å²) in [6.07, 6.45) is 2.70. The fourth-order valence-electron chi connectivity index (χ4n) is 2.70. The minimum absolute atomic E-state index is 0.212. The fraction of sp³-hybridized carbons (Fsp3) is 0.333. The zero-order valence-corrected chi connectivity index (χ0v) is 15.6. The molecule has 1 aromatic carbocycles. The first-order chi connectivity index (χ1) is 13.1. The topological polar surface area (TPSA) is 87.7 Å². The van der Waals surface area contributed by atoms with Crippen LogP contribution in [-0.2, 0) is 4.74 Å². The predicted octanol–water partition coefficient (Wildman–Crippen LogP) is 2.66. The monoisotopic (exact) mass is 389 g/mol.